The summed E-state index contributed by atoms with van der Waals surface area (Å²) in [5, 5.41) is 0. The lowest BCUT2D eigenvalue weighted by Gasteiger charge is -2.45. The van der Waals surface area contributed by atoms with Crippen molar-refractivity contribution in [2.75, 3.05) is 19.6 Å². The third-order valence-corrected chi connectivity index (χ3v) is 5.17. The largest absolute Gasteiger partial charge is 0.329 e. The molecule has 0 spiro atoms. The Hall–Kier alpha value is -0.0800. The summed E-state index contributed by atoms with van der Waals surface area (Å²) in [5.41, 5.74) is 6.53. The second-order valence-corrected chi connectivity index (χ2v) is 6.18. The molecular weight excluding hydrogens is 208 g/mol. The van der Waals surface area contributed by atoms with E-state index in [1.165, 1.54) is 70.9 Å². The van der Waals surface area contributed by atoms with Gasteiger partial charge >= 0.3 is 0 Å². The number of hydrogen-bond donors (Lipinski definition) is 1. The molecule has 0 saturated heterocycles. The molecule has 0 radical (unpaired) electrons. The van der Waals surface area contributed by atoms with Crippen LogP contribution in [0, 0.1) is 5.92 Å². The van der Waals surface area contributed by atoms with Gasteiger partial charge in [-0.2, -0.15) is 0 Å². The maximum absolute atomic E-state index is 6.18. The minimum Gasteiger partial charge on any atom is -0.329 e. The van der Waals surface area contributed by atoms with Crippen molar-refractivity contribution in [3.8, 4) is 0 Å². The van der Waals surface area contributed by atoms with Crippen LogP contribution < -0.4 is 5.73 Å². The maximum atomic E-state index is 6.18. The van der Waals surface area contributed by atoms with E-state index in [4.69, 9.17) is 5.73 Å². The Balaban J connectivity index is 2.00. The molecule has 0 aliphatic heterocycles. The average Bonchev–Trinajstić information content (AvgIpc) is 2.54. The lowest BCUT2D eigenvalue weighted by molar-refractivity contribution is 0.0510. The maximum Gasteiger partial charge on any atom is 0.0331 e. The van der Waals surface area contributed by atoms with Crippen molar-refractivity contribution in [1.29, 1.82) is 0 Å². The molecule has 2 heteroatoms. The minimum atomic E-state index is 0.348. The molecule has 2 aliphatic carbocycles. The topological polar surface area (TPSA) is 29.3 Å². The van der Waals surface area contributed by atoms with Crippen molar-refractivity contribution in [2.24, 2.45) is 11.7 Å². The van der Waals surface area contributed by atoms with Gasteiger partial charge in [-0.1, -0.05) is 39.0 Å². The van der Waals surface area contributed by atoms with E-state index in [1.807, 2.05) is 0 Å². The molecule has 2 nitrogen and oxygen atoms in total. The standard InChI is InChI=1S/C15H30N2/c1-2-17(12-14-8-7-9-14)15(13-16)10-5-3-4-6-11-15/h14H,2-13,16H2,1H3. The smallest absolute Gasteiger partial charge is 0.0331 e. The SMILES string of the molecule is CCN(CC1CCC1)C1(CN)CCCCCC1. The Labute approximate surface area is 107 Å². The first-order chi connectivity index (χ1) is 8.30. The van der Waals surface area contributed by atoms with Gasteiger partial charge in [0.2, 0.25) is 0 Å². The van der Waals surface area contributed by atoms with Gasteiger partial charge in [0.25, 0.3) is 0 Å². The third kappa shape index (κ3) is 3.03. The average molecular weight is 238 g/mol. The highest BCUT2D eigenvalue weighted by atomic mass is 15.2. The van der Waals surface area contributed by atoms with Gasteiger partial charge in [-0.05, 0) is 38.1 Å². The highest BCUT2D eigenvalue weighted by Gasteiger charge is 2.36. The van der Waals surface area contributed by atoms with Crippen molar-refractivity contribution in [1.82, 2.24) is 4.90 Å². The summed E-state index contributed by atoms with van der Waals surface area (Å²) in [6.45, 7) is 5.69. The van der Waals surface area contributed by atoms with Crippen LogP contribution >= 0.6 is 0 Å². The number of nitrogens with zero attached hydrogens (tertiary/aromatic N) is 1. The zero-order valence-electron chi connectivity index (χ0n) is 11.6. The Morgan fingerprint density at radius 2 is 1.71 bits per heavy atom. The molecule has 0 bridgehead atoms. The number of hydrogen-bond acceptors (Lipinski definition) is 2. The van der Waals surface area contributed by atoms with E-state index in [2.05, 4.69) is 11.8 Å². The highest BCUT2D eigenvalue weighted by molar-refractivity contribution is 4.94. The van der Waals surface area contributed by atoms with E-state index in [9.17, 15) is 0 Å². The molecule has 0 aromatic carbocycles. The van der Waals surface area contributed by atoms with Gasteiger partial charge < -0.3 is 5.73 Å². The number of nitrogens with two attached hydrogens (primary N) is 1. The Bertz CT molecular complexity index is 215. The summed E-state index contributed by atoms with van der Waals surface area (Å²) < 4.78 is 0. The molecule has 2 saturated carbocycles. The third-order valence-electron chi connectivity index (χ3n) is 5.17. The molecule has 0 aromatic rings. The second kappa shape index (κ2) is 6.19. The Kier molecular flexibility index (Phi) is 4.87. The van der Waals surface area contributed by atoms with Gasteiger partial charge in [0.15, 0.2) is 0 Å². The number of likely N-dealkylation sites (N-methyl/N-ethyl adjacent to an activating group) is 1. The van der Waals surface area contributed by atoms with Crippen molar-refractivity contribution in [2.45, 2.75) is 70.3 Å². The quantitative estimate of drug-likeness (QED) is 0.746. The van der Waals surface area contributed by atoms with Crippen LogP contribution in [0.15, 0.2) is 0 Å². The van der Waals surface area contributed by atoms with E-state index in [0.717, 1.165) is 12.5 Å². The van der Waals surface area contributed by atoms with Gasteiger partial charge in [-0.25, -0.2) is 0 Å². The van der Waals surface area contributed by atoms with Crippen LogP contribution in [0.1, 0.15) is 64.7 Å². The van der Waals surface area contributed by atoms with E-state index in [-0.39, 0.29) is 0 Å². The fraction of sp³-hybridized carbons (Fsp3) is 1.00. The second-order valence-electron chi connectivity index (χ2n) is 6.18. The monoisotopic (exact) mass is 238 g/mol. The van der Waals surface area contributed by atoms with Crippen molar-refractivity contribution < 1.29 is 0 Å². The van der Waals surface area contributed by atoms with Crippen molar-refractivity contribution in [3.05, 3.63) is 0 Å². The van der Waals surface area contributed by atoms with E-state index < -0.39 is 0 Å². The molecule has 2 fully saturated rings. The van der Waals surface area contributed by atoms with Crippen LogP contribution in [-0.2, 0) is 0 Å². The summed E-state index contributed by atoms with van der Waals surface area (Å²) in [4.78, 5) is 2.74. The van der Waals surface area contributed by atoms with Crippen LogP contribution in [0.5, 0.6) is 0 Å². The summed E-state index contributed by atoms with van der Waals surface area (Å²) >= 11 is 0. The highest BCUT2D eigenvalue weighted by Crippen LogP contribution is 2.35. The normalized spacial score (nSPS) is 25.6. The molecule has 100 valence electrons. The van der Waals surface area contributed by atoms with E-state index in [1.54, 1.807) is 0 Å². The fourth-order valence-corrected chi connectivity index (χ4v) is 3.68. The van der Waals surface area contributed by atoms with E-state index in [0.29, 0.717) is 5.54 Å². The molecule has 0 amide bonds. The van der Waals surface area contributed by atoms with E-state index >= 15 is 0 Å². The van der Waals surface area contributed by atoms with Gasteiger partial charge in [-0.3, -0.25) is 4.90 Å². The summed E-state index contributed by atoms with van der Waals surface area (Å²) in [5.74, 6) is 0.974. The zero-order valence-corrected chi connectivity index (χ0v) is 11.6. The molecular formula is C15H30N2. The number of rotatable bonds is 5. The lowest BCUT2D eigenvalue weighted by atomic mass is 9.82. The molecule has 0 atom stereocenters. The van der Waals surface area contributed by atoms with Gasteiger partial charge in [0.05, 0.1) is 0 Å². The summed E-state index contributed by atoms with van der Waals surface area (Å²) in [6, 6.07) is 0. The molecule has 0 heterocycles. The molecule has 2 N–H and O–H groups in total. The molecule has 0 aromatic heterocycles. The van der Waals surface area contributed by atoms with Crippen LogP contribution in [0.4, 0.5) is 0 Å². The Morgan fingerprint density at radius 1 is 1.06 bits per heavy atom. The zero-order chi connectivity index (χ0) is 12.1. The van der Waals surface area contributed by atoms with Crippen LogP contribution in [-0.4, -0.2) is 30.1 Å². The van der Waals surface area contributed by atoms with Crippen molar-refractivity contribution in [3.63, 3.8) is 0 Å². The van der Waals surface area contributed by atoms with Crippen LogP contribution in [0.3, 0.4) is 0 Å². The summed E-state index contributed by atoms with van der Waals surface area (Å²) in [6.07, 6.45) is 12.7. The van der Waals surface area contributed by atoms with Gasteiger partial charge in [-0.15, -0.1) is 0 Å². The van der Waals surface area contributed by atoms with Crippen LogP contribution in [0.25, 0.3) is 0 Å². The first kappa shape index (κ1) is 13.4. The minimum absolute atomic E-state index is 0.348. The predicted molar refractivity (Wildman–Crippen MR) is 74.1 cm³/mol. The van der Waals surface area contributed by atoms with Crippen LogP contribution in [0.2, 0.25) is 0 Å². The first-order valence-corrected chi connectivity index (χ1v) is 7.76. The molecule has 2 rings (SSSR count). The predicted octanol–water partition coefficient (Wildman–Crippen LogP) is 3.16. The summed E-state index contributed by atoms with van der Waals surface area (Å²) in [7, 11) is 0. The van der Waals surface area contributed by atoms with Gasteiger partial charge in [0, 0.05) is 18.6 Å². The van der Waals surface area contributed by atoms with Gasteiger partial charge in [0.1, 0.15) is 0 Å². The molecule has 17 heavy (non-hydrogen) atoms. The van der Waals surface area contributed by atoms with Crippen molar-refractivity contribution >= 4 is 0 Å². The molecule has 0 unspecified atom stereocenters. The first-order valence-electron chi connectivity index (χ1n) is 7.76. The lowest BCUT2D eigenvalue weighted by Crippen LogP contribution is -2.55. The fourth-order valence-electron chi connectivity index (χ4n) is 3.68. The Morgan fingerprint density at radius 3 is 2.12 bits per heavy atom. The molecule has 2 aliphatic rings.